The summed E-state index contributed by atoms with van der Waals surface area (Å²) in [4.78, 5) is 5.20. The average Bonchev–Trinajstić information content (AvgIpc) is 3.44. The summed E-state index contributed by atoms with van der Waals surface area (Å²) < 4.78 is 44.2. The lowest BCUT2D eigenvalue weighted by atomic mass is 10.0. The maximum Gasteiger partial charge on any atom is 0.243 e. The van der Waals surface area contributed by atoms with Crippen LogP contribution >= 0.6 is 11.8 Å². The number of aromatic nitrogens is 2. The number of nitrogens with zero attached hydrogens (tertiary/aromatic N) is 3. The van der Waals surface area contributed by atoms with Crippen LogP contribution in [0.15, 0.2) is 52.5 Å². The number of fused-ring (bicyclic) bond motifs is 1. The number of hydrogen-bond donors (Lipinski definition) is 0. The molecule has 5 rings (SSSR count). The summed E-state index contributed by atoms with van der Waals surface area (Å²) in [5.41, 5.74) is 2.61. The third-order valence-corrected chi connectivity index (χ3v) is 9.72. The molecule has 0 spiro atoms. The van der Waals surface area contributed by atoms with E-state index in [2.05, 4.69) is 11.5 Å². The molecule has 0 N–H and O–H groups in total. The summed E-state index contributed by atoms with van der Waals surface area (Å²) in [7, 11) is -3.53. The molecule has 1 aromatic heterocycles. The Morgan fingerprint density at radius 1 is 1.09 bits per heavy atom. The van der Waals surface area contributed by atoms with Gasteiger partial charge in [0.05, 0.1) is 15.9 Å². The van der Waals surface area contributed by atoms with E-state index >= 15 is 0 Å². The van der Waals surface area contributed by atoms with Crippen LogP contribution < -0.4 is 0 Å². The summed E-state index contributed by atoms with van der Waals surface area (Å²) in [5.74, 6) is 0.758. The third-order valence-electron chi connectivity index (χ3n) is 6.83. The van der Waals surface area contributed by atoms with Gasteiger partial charge in [0.2, 0.25) is 10.0 Å². The van der Waals surface area contributed by atoms with Gasteiger partial charge in [-0.05, 0) is 67.5 Å². The van der Waals surface area contributed by atoms with Crippen LogP contribution in [0.1, 0.15) is 57.1 Å². The summed E-state index contributed by atoms with van der Waals surface area (Å²) in [5, 5.41) is 0.877. The number of thioether (sulfide) groups is 1. The van der Waals surface area contributed by atoms with E-state index in [4.69, 9.17) is 4.98 Å². The molecular weight excluding hydrogens is 457 g/mol. The van der Waals surface area contributed by atoms with Gasteiger partial charge in [-0.2, -0.15) is 4.31 Å². The van der Waals surface area contributed by atoms with Gasteiger partial charge < -0.3 is 4.57 Å². The molecular formula is C25H30FN3O2S2. The van der Waals surface area contributed by atoms with Crippen molar-refractivity contribution in [1.29, 1.82) is 0 Å². The first kappa shape index (κ1) is 22.9. The summed E-state index contributed by atoms with van der Waals surface area (Å²) in [6.45, 7) is 3.26. The highest BCUT2D eigenvalue weighted by Gasteiger charge is 2.30. The average molecular weight is 488 g/mol. The largest absolute Gasteiger partial charge is 0.316 e. The van der Waals surface area contributed by atoms with Gasteiger partial charge in [0, 0.05) is 24.9 Å². The number of halogens is 1. The first-order valence-electron chi connectivity index (χ1n) is 11.8. The fourth-order valence-electron chi connectivity index (χ4n) is 5.12. The van der Waals surface area contributed by atoms with Crippen molar-refractivity contribution in [2.75, 3.05) is 13.1 Å². The highest BCUT2D eigenvalue weighted by Crippen LogP contribution is 2.38. The van der Waals surface area contributed by atoms with Gasteiger partial charge in [0.25, 0.3) is 0 Å². The topological polar surface area (TPSA) is 55.2 Å². The Bertz CT molecular complexity index is 1250. The maximum absolute atomic E-state index is 13.6. The lowest BCUT2D eigenvalue weighted by Crippen LogP contribution is -2.39. The first-order valence-corrected chi connectivity index (χ1v) is 14.2. The maximum atomic E-state index is 13.6. The number of rotatable bonds is 6. The molecule has 2 aromatic carbocycles. The monoisotopic (exact) mass is 487 g/mol. The molecule has 1 unspecified atom stereocenters. The van der Waals surface area contributed by atoms with E-state index in [9.17, 15) is 12.8 Å². The zero-order chi connectivity index (χ0) is 23.0. The molecule has 1 atom stereocenters. The van der Waals surface area contributed by atoms with Crippen LogP contribution in [-0.4, -0.2) is 35.4 Å². The van der Waals surface area contributed by atoms with E-state index in [0.29, 0.717) is 35.7 Å². The van der Waals surface area contributed by atoms with E-state index in [1.807, 2.05) is 12.1 Å². The molecule has 2 heterocycles. The normalized spacial score (nSPS) is 20.6. The van der Waals surface area contributed by atoms with E-state index in [0.717, 1.165) is 47.4 Å². The van der Waals surface area contributed by atoms with Gasteiger partial charge in [-0.15, -0.1) is 0 Å². The summed E-state index contributed by atoms with van der Waals surface area (Å²) >= 11 is 1.59. The van der Waals surface area contributed by atoms with Crippen LogP contribution in [0.3, 0.4) is 0 Å². The molecule has 2 aliphatic rings. The van der Waals surface area contributed by atoms with Gasteiger partial charge in [-0.25, -0.2) is 17.8 Å². The molecule has 2 fully saturated rings. The third kappa shape index (κ3) is 4.70. The van der Waals surface area contributed by atoms with Gasteiger partial charge in [-0.3, -0.25) is 0 Å². The van der Waals surface area contributed by atoms with Crippen LogP contribution in [0.25, 0.3) is 11.0 Å². The van der Waals surface area contributed by atoms with Crippen LogP contribution in [-0.2, 0) is 15.8 Å². The smallest absolute Gasteiger partial charge is 0.243 e. The second kappa shape index (κ2) is 9.39. The Morgan fingerprint density at radius 3 is 2.67 bits per heavy atom. The molecule has 1 saturated carbocycles. The first-order chi connectivity index (χ1) is 15.9. The Morgan fingerprint density at radius 2 is 1.91 bits per heavy atom. The molecule has 0 amide bonds. The molecule has 1 aliphatic heterocycles. The molecule has 3 aromatic rings. The minimum Gasteiger partial charge on any atom is -0.316 e. The Kier molecular flexibility index (Phi) is 6.51. The van der Waals surface area contributed by atoms with Gasteiger partial charge in [-0.1, -0.05) is 43.7 Å². The van der Waals surface area contributed by atoms with E-state index in [1.165, 1.54) is 18.9 Å². The second-order valence-electron chi connectivity index (χ2n) is 9.38. The molecule has 1 saturated heterocycles. The Labute approximate surface area is 199 Å². The molecule has 0 bridgehead atoms. The van der Waals surface area contributed by atoms with Gasteiger partial charge in [0.1, 0.15) is 5.82 Å². The van der Waals surface area contributed by atoms with Gasteiger partial charge in [0.15, 0.2) is 5.16 Å². The van der Waals surface area contributed by atoms with E-state index in [-0.39, 0.29) is 5.82 Å². The molecule has 176 valence electrons. The van der Waals surface area contributed by atoms with Gasteiger partial charge >= 0.3 is 0 Å². The second-order valence-corrected chi connectivity index (χ2v) is 12.3. The fraction of sp³-hybridized carbons (Fsp3) is 0.480. The van der Waals surface area contributed by atoms with Crippen molar-refractivity contribution in [2.24, 2.45) is 5.92 Å². The number of sulfonamides is 1. The highest BCUT2D eigenvalue weighted by molar-refractivity contribution is 7.98. The molecule has 8 heteroatoms. The van der Waals surface area contributed by atoms with Crippen LogP contribution in [0.2, 0.25) is 0 Å². The number of imidazole rings is 1. The van der Waals surface area contributed by atoms with Crippen molar-refractivity contribution in [1.82, 2.24) is 13.9 Å². The number of hydrogen-bond acceptors (Lipinski definition) is 4. The molecule has 5 nitrogen and oxygen atoms in total. The van der Waals surface area contributed by atoms with Crippen molar-refractivity contribution in [3.63, 3.8) is 0 Å². The lowest BCUT2D eigenvalue weighted by Gasteiger charge is -2.30. The van der Waals surface area contributed by atoms with E-state index < -0.39 is 10.0 Å². The van der Waals surface area contributed by atoms with Crippen molar-refractivity contribution in [2.45, 2.75) is 67.3 Å². The lowest BCUT2D eigenvalue weighted by molar-refractivity contribution is 0.281. The standard InChI is InChI=1S/C25H30FN3O2S2/c1-18-6-5-13-28(16-18)33(30,31)22-11-12-24-23(15-22)27-25(29(24)21-9-2-3-10-21)32-17-19-7-4-8-20(26)14-19/h4,7-8,11-12,14-15,18,21H,2-3,5-6,9-10,13,16-17H2,1H3. The molecule has 0 radical (unpaired) electrons. The predicted octanol–water partition coefficient (Wildman–Crippen LogP) is 6.00. The minimum absolute atomic E-state index is 0.237. The van der Waals surface area contributed by atoms with Crippen molar-refractivity contribution in [3.8, 4) is 0 Å². The Balaban J connectivity index is 1.49. The van der Waals surface area contributed by atoms with E-state index in [1.54, 1.807) is 40.3 Å². The summed E-state index contributed by atoms with van der Waals surface area (Å²) in [6, 6.07) is 12.4. The van der Waals surface area contributed by atoms with Crippen LogP contribution in [0.5, 0.6) is 0 Å². The molecule has 33 heavy (non-hydrogen) atoms. The predicted molar refractivity (Wildman–Crippen MR) is 130 cm³/mol. The molecule has 1 aliphatic carbocycles. The highest BCUT2D eigenvalue weighted by atomic mass is 32.2. The number of piperidine rings is 1. The zero-order valence-electron chi connectivity index (χ0n) is 18.9. The van der Waals surface area contributed by atoms with Crippen LogP contribution in [0.4, 0.5) is 4.39 Å². The summed E-state index contributed by atoms with van der Waals surface area (Å²) in [6.07, 6.45) is 6.56. The zero-order valence-corrected chi connectivity index (χ0v) is 20.5. The quantitative estimate of drug-likeness (QED) is 0.400. The minimum atomic E-state index is -3.53. The number of benzene rings is 2. The van der Waals surface area contributed by atoms with Crippen molar-refractivity contribution < 1.29 is 12.8 Å². The van der Waals surface area contributed by atoms with Crippen LogP contribution in [0, 0.1) is 11.7 Å². The fourth-order valence-corrected chi connectivity index (χ4v) is 7.77. The van der Waals surface area contributed by atoms with Crippen molar-refractivity contribution in [3.05, 3.63) is 53.8 Å². The SMILES string of the molecule is CC1CCCN(S(=O)(=O)c2ccc3c(c2)nc(SCc2cccc(F)c2)n3C2CCCC2)C1. The van der Waals surface area contributed by atoms with Crippen molar-refractivity contribution >= 4 is 32.8 Å². The Hall–Kier alpha value is -1.90.